The second-order valence-electron chi connectivity index (χ2n) is 2.81. The molecule has 0 atom stereocenters. The first-order valence-corrected chi connectivity index (χ1v) is 5.70. The van der Waals surface area contributed by atoms with Crippen LogP contribution >= 0.6 is 33.9 Å². The first-order chi connectivity index (χ1) is 6.22. The molecule has 2 aromatic rings. The Labute approximate surface area is 94.1 Å². The topological polar surface area (TPSA) is 23.8 Å². The van der Waals surface area contributed by atoms with Crippen LogP contribution in [0.15, 0.2) is 18.2 Å². The van der Waals surface area contributed by atoms with E-state index in [1.54, 1.807) is 11.3 Å². The standard InChI is InChI=1S/C10H6INS/c1-6-8-4-7(11)2-3-9(8)13-10(6)5-12/h2-4H,1H3. The molecule has 13 heavy (non-hydrogen) atoms. The molecule has 64 valence electrons. The smallest absolute Gasteiger partial charge is 0.110 e. The summed E-state index contributed by atoms with van der Waals surface area (Å²) in [5.74, 6) is 0. The van der Waals surface area contributed by atoms with Crippen LogP contribution in [0.3, 0.4) is 0 Å². The van der Waals surface area contributed by atoms with Gasteiger partial charge in [-0.2, -0.15) is 5.26 Å². The van der Waals surface area contributed by atoms with Crippen molar-refractivity contribution in [3.63, 3.8) is 0 Å². The van der Waals surface area contributed by atoms with E-state index in [9.17, 15) is 0 Å². The van der Waals surface area contributed by atoms with Crippen molar-refractivity contribution in [1.82, 2.24) is 0 Å². The molecule has 0 saturated carbocycles. The number of fused-ring (bicyclic) bond motifs is 1. The van der Waals surface area contributed by atoms with E-state index < -0.39 is 0 Å². The van der Waals surface area contributed by atoms with Crippen molar-refractivity contribution >= 4 is 44.0 Å². The minimum Gasteiger partial charge on any atom is -0.192 e. The minimum atomic E-state index is 0.831. The third-order valence-electron chi connectivity index (χ3n) is 2.00. The fourth-order valence-electron chi connectivity index (χ4n) is 1.30. The number of halogens is 1. The molecule has 0 aliphatic carbocycles. The summed E-state index contributed by atoms with van der Waals surface area (Å²) in [5, 5.41) is 10.1. The molecule has 0 unspecified atom stereocenters. The lowest BCUT2D eigenvalue weighted by molar-refractivity contribution is 1.48. The molecule has 1 heterocycles. The number of nitriles is 1. The van der Waals surface area contributed by atoms with Gasteiger partial charge in [-0.15, -0.1) is 11.3 Å². The molecular formula is C10H6INS. The van der Waals surface area contributed by atoms with Crippen molar-refractivity contribution in [3.8, 4) is 6.07 Å². The van der Waals surface area contributed by atoms with Crippen LogP contribution in [0.4, 0.5) is 0 Å². The van der Waals surface area contributed by atoms with Crippen molar-refractivity contribution in [3.05, 3.63) is 32.2 Å². The van der Waals surface area contributed by atoms with Crippen LogP contribution in [0.2, 0.25) is 0 Å². The quantitative estimate of drug-likeness (QED) is 0.681. The number of benzene rings is 1. The zero-order chi connectivity index (χ0) is 9.42. The van der Waals surface area contributed by atoms with E-state index in [1.807, 2.05) is 6.92 Å². The Morgan fingerprint density at radius 3 is 2.92 bits per heavy atom. The van der Waals surface area contributed by atoms with Crippen LogP contribution in [0.1, 0.15) is 10.4 Å². The predicted octanol–water partition coefficient (Wildman–Crippen LogP) is 3.69. The molecule has 2 rings (SSSR count). The summed E-state index contributed by atoms with van der Waals surface area (Å²) in [4.78, 5) is 0.831. The van der Waals surface area contributed by atoms with Gasteiger partial charge in [-0.25, -0.2) is 0 Å². The van der Waals surface area contributed by atoms with E-state index in [-0.39, 0.29) is 0 Å². The highest BCUT2D eigenvalue weighted by molar-refractivity contribution is 14.1. The molecule has 0 amide bonds. The normalized spacial score (nSPS) is 10.2. The second-order valence-corrected chi connectivity index (χ2v) is 5.11. The van der Waals surface area contributed by atoms with Crippen LogP contribution in [0.5, 0.6) is 0 Å². The minimum absolute atomic E-state index is 0.831. The van der Waals surface area contributed by atoms with Gasteiger partial charge in [-0.05, 0) is 58.7 Å². The molecule has 0 radical (unpaired) electrons. The highest BCUT2D eigenvalue weighted by Crippen LogP contribution is 2.30. The van der Waals surface area contributed by atoms with Crippen molar-refractivity contribution in [1.29, 1.82) is 5.26 Å². The van der Waals surface area contributed by atoms with Crippen LogP contribution < -0.4 is 0 Å². The van der Waals surface area contributed by atoms with Gasteiger partial charge in [0.1, 0.15) is 10.9 Å². The number of rotatable bonds is 0. The molecule has 1 aromatic carbocycles. The van der Waals surface area contributed by atoms with Gasteiger partial charge >= 0.3 is 0 Å². The van der Waals surface area contributed by atoms with Crippen LogP contribution in [0, 0.1) is 21.8 Å². The second kappa shape index (κ2) is 3.28. The SMILES string of the molecule is Cc1c(C#N)sc2ccc(I)cc12. The highest BCUT2D eigenvalue weighted by atomic mass is 127. The van der Waals surface area contributed by atoms with Gasteiger partial charge in [0, 0.05) is 8.27 Å². The maximum Gasteiger partial charge on any atom is 0.110 e. The van der Waals surface area contributed by atoms with E-state index in [2.05, 4.69) is 46.9 Å². The van der Waals surface area contributed by atoms with Gasteiger partial charge in [-0.3, -0.25) is 0 Å². The monoisotopic (exact) mass is 299 g/mol. The summed E-state index contributed by atoms with van der Waals surface area (Å²) in [7, 11) is 0. The summed E-state index contributed by atoms with van der Waals surface area (Å²) < 4.78 is 2.42. The highest BCUT2D eigenvalue weighted by Gasteiger charge is 2.07. The Hall–Kier alpha value is -0.600. The number of thiophene rings is 1. The molecule has 0 saturated heterocycles. The Kier molecular flexibility index (Phi) is 2.26. The number of hydrogen-bond acceptors (Lipinski definition) is 2. The average Bonchev–Trinajstić information content (AvgIpc) is 2.44. The fraction of sp³-hybridized carbons (Fsp3) is 0.100. The van der Waals surface area contributed by atoms with Crippen molar-refractivity contribution in [2.24, 2.45) is 0 Å². The van der Waals surface area contributed by atoms with Crippen molar-refractivity contribution < 1.29 is 0 Å². The van der Waals surface area contributed by atoms with E-state index in [4.69, 9.17) is 5.26 Å². The van der Waals surface area contributed by atoms with Gasteiger partial charge in [0.25, 0.3) is 0 Å². The third-order valence-corrected chi connectivity index (χ3v) is 3.85. The van der Waals surface area contributed by atoms with Gasteiger partial charge in [0.15, 0.2) is 0 Å². The molecule has 0 spiro atoms. The van der Waals surface area contributed by atoms with Crippen molar-refractivity contribution in [2.45, 2.75) is 6.92 Å². The summed E-state index contributed by atoms with van der Waals surface area (Å²) in [5.41, 5.74) is 1.11. The molecule has 0 bridgehead atoms. The molecular weight excluding hydrogens is 293 g/mol. The maximum absolute atomic E-state index is 8.85. The number of hydrogen-bond donors (Lipinski definition) is 0. The Balaban J connectivity index is 2.87. The molecule has 0 aliphatic heterocycles. The molecule has 1 aromatic heterocycles. The van der Waals surface area contributed by atoms with Crippen LogP contribution in [-0.4, -0.2) is 0 Å². The third kappa shape index (κ3) is 1.45. The van der Waals surface area contributed by atoms with Crippen LogP contribution in [0.25, 0.3) is 10.1 Å². The largest absolute Gasteiger partial charge is 0.192 e. The summed E-state index contributed by atoms with van der Waals surface area (Å²) in [6.07, 6.45) is 0. The Morgan fingerprint density at radius 1 is 1.46 bits per heavy atom. The van der Waals surface area contributed by atoms with Gasteiger partial charge in [0.05, 0.1) is 0 Å². The van der Waals surface area contributed by atoms with E-state index in [0.717, 1.165) is 10.4 Å². The lowest BCUT2D eigenvalue weighted by atomic mass is 10.1. The Bertz CT molecular complexity index is 507. The maximum atomic E-state index is 8.85. The lowest BCUT2D eigenvalue weighted by Crippen LogP contribution is -1.73. The molecule has 0 fully saturated rings. The van der Waals surface area contributed by atoms with E-state index >= 15 is 0 Å². The zero-order valence-electron chi connectivity index (χ0n) is 6.97. The number of aryl methyl sites for hydroxylation is 1. The first kappa shape index (κ1) is 8.97. The molecule has 1 nitrogen and oxygen atoms in total. The Morgan fingerprint density at radius 2 is 2.23 bits per heavy atom. The summed E-state index contributed by atoms with van der Waals surface area (Å²) in [6.45, 7) is 2.01. The van der Waals surface area contributed by atoms with E-state index in [1.165, 1.54) is 13.7 Å². The zero-order valence-corrected chi connectivity index (χ0v) is 9.94. The number of nitrogens with zero attached hydrogens (tertiary/aromatic N) is 1. The average molecular weight is 299 g/mol. The molecule has 0 N–H and O–H groups in total. The van der Waals surface area contributed by atoms with Gasteiger partial charge in [-0.1, -0.05) is 0 Å². The van der Waals surface area contributed by atoms with Crippen LogP contribution in [-0.2, 0) is 0 Å². The molecule has 0 aliphatic rings. The first-order valence-electron chi connectivity index (χ1n) is 3.81. The van der Waals surface area contributed by atoms with Gasteiger partial charge < -0.3 is 0 Å². The van der Waals surface area contributed by atoms with Crippen molar-refractivity contribution in [2.75, 3.05) is 0 Å². The summed E-state index contributed by atoms with van der Waals surface area (Å²) in [6, 6.07) is 8.50. The fourth-order valence-corrected chi connectivity index (χ4v) is 2.78. The molecule has 3 heteroatoms. The van der Waals surface area contributed by atoms with E-state index in [0.29, 0.717) is 0 Å². The summed E-state index contributed by atoms with van der Waals surface area (Å²) >= 11 is 3.86. The lowest BCUT2D eigenvalue weighted by Gasteiger charge is -1.91. The predicted molar refractivity (Wildman–Crippen MR) is 64.0 cm³/mol. The van der Waals surface area contributed by atoms with Gasteiger partial charge in [0.2, 0.25) is 0 Å².